The van der Waals surface area contributed by atoms with Crippen molar-refractivity contribution in [2.75, 3.05) is 7.11 Å². The Hall–Kier alpha value is -0.620. The van der Waals surface area contributed by atoms with Crippen LogP contribution in [0.1, 0.15) is 4.88 Å². The van der Waals surface area contributed by atoms with Crippen LogP contribution >= 0.6 is 38.9 Å². The summed E-state index contributed by atoms with van der Waals surface area (Å²) in [6.45, 7) is 0.459. The van der Waals surface area contributed by atoms with Crippen LogP contribution in [0.5, 0.6) is 5.75 Å². The normalized spacial score (nSPS) is 10.6. The van der Waals surface area contributed by atoms with Gasteiger partial charge in [0.1, 0.15) is 15.4 Å². The van der Waals surface area contributed by atoms with E-state index in [-0.39, 0.29) is 0 Å². The zero-order valence-electron chi connectivity index (χ0n) is 9.04. The van der Waals surface area contributed by atoms with Crippen LogP contribution in [0.25, 0.3) is 10.6 Å². The molecule has 0 bridgehead atoms. The molecule has 0 amide bonds. The van der Waals surface area contributed by atoms with E-state index in [2.05, 4.69) is 20.9 Å². The number of nitrogens with two attached hydrogens (primary N) is 1. The quantitative estimate of drug-likeness (QED) is 0.932. The Balaban J connectivity index is 2.54. The molecule has 1 aromatic heterocycles. The predicted octanol–water partition coefficient (Wildman–Crippen LogP) is 3.69. The molecule has 0 saturated carbocycles. The monoisotopic (exact) mass is 332 g/mol. The van der Waals surface area contributed by atoms with Crippen molar-refractivity contribution in [1.29, 1.82) is 0 Å². The Labute approximate surface area is 117 Å². The third kappa shape index (κ3) is 2.63. The van der Waals surface area contributed by atoms with Crippen molar-refractivity contribution in [2.45, 2.75) is 6.54 Å². The minimum Gasteiger partial charge on any atom is -0.496 e. The third-order valence-corrected chi connectivity index (χ3v) is 4.49. The molecule has 0 aliphatic rings. The molecule has 0 atom stereocenters. The standard InChI is InChI=1S/C11H10BrClN2OS/c1-16-8-3-2-6(13)4-7(8)11-15-10(12)9(5-14)17-11/h2-4H,5,14H2,1H3. The van der Waals surface area contributed by atoms with Crippen molar-refractivity contribution >= 4 is 38.9 Å². The molecule has 0 saturated heterocycles. The zero-order valence-corrected chi connectivity index (χ0v) is 12.2. The molecule has 0 aliphatic heterocycles. The summed E-state index contributed by atoms with van der Waals surface area (Å²) < 4.78 is 6.08. The van der Waals surface area contributed by atoms with Crippen LogP contribution < -0.4 is 10.5 Å². The highest BCUT2D eigenvalue weighted by molar-refractivity contribution is 9.10. The number of benzene rings is 1. The lowest BCUT2D eigenvalue weighted by Crippen LogP contribution is -1.92. The second kappa shape index (κ2) is 5.35. The van der Waals surface area contributed by atoms with Gasteiger partial charge in [0.25, 0.3) is 0 Å². The van der Waals surface area contributed by atoms with Gasteiger partial charge in [-0.25, -0.2) is 4.98 Å². The van der Waals surface area contributed by atoms with E-state index < -0.39 is 0 Å². The fraction of sp³-hybridized carbons (Fsp3) is 0.182. The largest absolute Gasteiger partial charge is 0.496 e. The summed E-state index contributed by atoms with van der Waals surface area (Å²) in [5.41, 5.74) is 6.51. The van der Waals surface area contributed by atoms with Crippen molar-refractivity contribution in [3.8, 4) is 16.3 Å². The van der Waals surface area contributed by atoms with Crippen molar-refractivity contribution in [3.05, 3.63) is 32.7 Å². The first-order valence-corrected chi connectivity index (χ1v) is 6.83. The molecule has 2 rings (SSSR count). The van der Waals surface area contributed by atoms with E-state index in [0.717, 1.165) is 25.8 Å². The first-order valence-electron chi connectivity index (χ1n) is 4.85. The summed E-state index contributed by atoms with van der Waals surface area (Å²) in [6, 6.07) is 5.46. The van der Waals surface area contributed by atoms with Crippen LogP contribution in [0.2, 0.25) is 5.02 Å². The molecule has 1 heterocycles. The molecule has 6 heteroatoms. The van der Waals surface area contributed by atoms with Gasteiger partial charge in [0.15, 0.2) is 0 Å². The van der Waals surface area contributed by atoms with Gasteiger partial charge in [0.05, 0.1) is 17.6 Å². The minimum absolute atomic E-state index is 0.459. The van der Waals surface area contributed by atoms with Crippen molar-refractivity contribution in [3.63, 3.8) is 0 Å². The van der Waals surface area contributed by atoms with Crippen LogP contribution in [0.4, 0.5) is 0 Å². The summed E-state index contributed by atoms with van der Waals surface area (Å²) in [4.78, 5) is 5.42. The first-order chi connectivity index (χ1) is 8.15. The molecular formula is C11H10BrClN2OS. The fourth-order valence-corrected chi connectivity index (χ4v) is 3.15. The first kappa shape index (κ1) is 12.8. The lowest BCUT2D eigenvalue weighted by molar-refractivity contribution is 0.416. The Morgan fingerprint density at radius 1 is 1.53 bits per heavy atom. The number of hydrogen-bond donors (Lipinski definition) is 1. The Morgan fingerprint density at radius 3 is 2.88 bits per heavy atom. The van der Waals surface area contributed by atoms with Crippen molar-refractivity contribution < 1.29 is 4.74 Å². The number of halogens is 2. The van der Waals surface area contributed by atoms with Crippen LogP contribution in [-0.2, 0) is 6.54 Å². The molecule has 0 aliphatic carbocycles. The van der Waals surface area contributed by atoms with E-state index in [0.29, 0.717) is 11.6 Å². The van der Waals surface area contributed by atoms with Gasteiger partial charge in [-0.05, 0) is 34.1 Å². The molecule has 90 valence electrons. The number of hydrogen-bond acceptors (Lipinski definition) is 4. The average Bonchev–Trinajstić information content (AvgIpc) is 2.70. The van der Waals surface area contributed by atoms with E-state index in [1.54, 1.807) is 13.2 Å². The molecule has 0 unspecified atom stereocenters. The predicted molar refractivity (Wildman–Crippen MR) is 74.7 cm³/mol. The molecule has 1 aromatic carbocycles. The number of methoxy groups -OCH3 is 1. The zero-order chi connectivity index (χ0) is 12.4. The highest BCUT2D eigenvalue weighted by Gasteiger charge is 2.13. The average molecular weight is 334 g/mol. The van der Waals surface area contributed by atoms with Gasteiger partial charge >= 0.3 is 0 Å². The van der Waals surface area contributed by atoms with E-state index in [1.165, 1.54) is 11.3 Å². The van der Waals surface area contributed by atoms with Crippen molar-refractivity contribution in [2.24, 2.45) is 5.73 Å². The van der Waals surface area contributed by atoms with Gasteiger partial charge < -0.3 is 10.5 Å². The maximum atomic E-state index is 5.99. The van der Waals surface area contributed by atoms with Crippen LogP contribution in [0.3, 0.4) is 0 Å². The lowest BCUT2D eigenvalue weighted by atomic mass is 10.2. The highest BCUT2D eigenvalue weighted by atomic mass is 79.9. The molecule has 3 nitrogen and oxygen atoms in total. The molecule has 0 radical (unpaired) electrons. The smallest absolute Gasteiger partial charge is 0.129 e. The molecular weight excluding hydrogens is 324 g/mol. The number of nitrogens with zero attached hydrogens (tertiary/aromatic N) is 1. The third-order valence-electron chi connectivity index (χ3n) is 2.23. The SMILES string of the molecule is COc1ccc(Cl)cc1-c1nc(Br)c(CN)s1. The van der Waals surface area contributed by atoms with E-state index in [9.17, 15) is 0 Å². The van der Waals surface area contributed by atoms with Crippen LogP contribution in [0.15, 0.2) is 22.8 Å². The van der Waals surface area contributed by atoms with E-state index in [1.807, 2.05) is 12.1 Å². The second-order valence-electron chi connectivity index (χ2n) is 3.28. The summed E-state index contributed by atoms with van der Waals surface area (Å²) in [5.74, 6) is 0.749. The maximum Gasteiger partial charge on any atom is 0.129 e. The maximum absolute atomic E-state index is 5.99. The van der Waals surface area contributed by atoms with Crippen molar-refractivity contribution in [1.82, 2.24) is 4.98 Å². The van der Waals surface area contributed by atoms with Gasteiger partial charge in [-0.2, -0.15) is 0 Å². The number of ether oxygens (including phenoxy) is 1. The van der Waals surface area contributed by atoms with Crippen LogP contribution in [0, 0.1) is 0 Å². The lowest BCUT2D eigenvalue weighted by Gasteiger charge is -2.05. The number of thiazole rings is 1. The van der Waals surface area contributed by atoms with Gasteiger partial charge in [-0.15, -0.1) is 11.3 Å². The van der Waals surface area contributed by atoms with Gasteiger partial charge in [-0.1, -0.05) is 11.6 Å². The number of aromatic nitrogens is 1. The van der Waals surface area contributed by atoms with E-state index >= 15 is 0 Å². The van der Waals surface area contributed by atoms with Gasteiger partial charge in [0.2, 0.25) is 0 Å². The minimum atomic E-state index is 0.459. The Kier molecular flexibility index (Phi) is 4.04. The molecule has 0 fully saturated rings. The van der Waals surface area contributed by atoms with Gasteiger partial charge in [0, 0.05) is 11.6 Å². The van der Waals surface area contributed by atoms with E-state index in [4.69, 9.17) is 22.1 Å². The molecule has 2 N–H and O–H groups in total. The molecule has 0 spiro atoms. The summed E-state index contributed by atoms with van der Waals surface area (Å²) in [6.07, 6.45) is 0. The summed E-state index contributed by atoms with van der Waals surface area (Å²) in [5, 5.41) is 1.50. The van der Waals surface area contributed by atoms with Crippen LogP contribution in [-0.4, -0.2) is 12.1 Å². The number of rotatable bonds is 3. The topological polar surface area (TPSA) is 48.1 Å². The Morgan fingerprint density at radius 2 is 2.29 bits per heavy atom. The highest BCUT2D eigenvalue weighted by Crippen LogP contribution is 2.37. The molecule has 17 heavy (non-hydrogen) atoms. The molecule has 2 aromatic rings. The fourth-order valence-electron chi connectivity index (χ4n) is 1.42. The second-order valence-corrected chi connectivity index (χ2v) is 5.55. The summed E-state index contributed by atoms with van der Waals surface area (Å²) in [7, 11) is 1.62. The summed E-state index contributed by atoms with van der Waals surface area (Å²) >= 11 is 10.9. The Bertz CT molecular complexity index is 544. The van der Waals surface area contributed by atoms with Gasteiger partial charge in [-0.3, -0.25) is 0 Å².